The van der Waals surface area contributed by atoms with Gasteiger partial charge in [-0.2, -0.15) is 0 Å². The van der Waals surface area contributed by atoms with E-state index in [4.69, 9.17) is 4.74 Å². The minimum absolute atomic E-state index is 0.0279. The molecule has 0 amide bonds. The number of H-pyrrole nitrogens is 1. The summed E-state index contributed by atoms with van der Waals surface area (Å²) < 4.78 is 5.06. The monoisotopic (exact) mass is 359 g/mol. The molecule has 0 bridgehead atoms. The molecule has 1 aliphatic heterocycles. The molecular formula is C20H29N3O3+2. The highest BCUT2D eigenvalue weighted by atomic mass is 16.5. The molecule has 1 aromatic heterocycles. The fourth-order valence-electron chi connectivity index (χ4n) is 3.74. The summed E-state index contributed by atoms with van der Waals surface area (Å²) in [5, 5.41) is 0.563. The lowest BCUT2D eigenvalue weighted by Gasteiger charge is -2.29. The van der Waals surface area contributed by atoms with Crippen LogP contribution in [0.25, 0.3) is 10.9 Å². The van der Waals surface area contributed by atoms with Crippen molar-refractivity contribution < 1.29 is 19.3 Å². The molecule has 1 aromatic carbocycles. The third kappa shape index (κ3) is 3.81. The van der Waals surface area contributed by atoms with Crippen LogP contribution in [-0.2, 0) is 11.3 Å². The van der Waals surface area contributed by atoms with E-state index in [9.17, 15) is 9.59 Å². The second-order valence-electron chi connectivity index (χ2n) is 7.07. The third-order valence-corrected chi connectivity index (χ3v) is 5.42. The molecule has 0 unspecified atom stereocenters. The quantitative estimate of drug-likeness (QED) is 0.620. The van der Waals surface area contributed by atoms with Crippen molar-refractivity contribution in [2.24, 2.45) is 0 Å². The molecule has 6 nitrogen and oxygen atoms in total. The van der Waals surface area contributed by atoms with Gasteiger partial charge in [0, 0.05) is 16.6 Å². The first-order valence-corrected chi connectivity index (χ1v) is 9.53. The second kappa shape index (κ2) is 8.01. The summed E-state index contributed by atoms with van der Waals surface area (Å²) in [6.45, 7) is 12.7. The fourth-order valence-corrected chi connectivity index (χ4v) is 3.74. The molecule has 140 valence electrons. The van der Waals surface area contributed by atoms with Crippen LogP contribution in [-0.4, -0.2) is 50.3 Å². The van der Waals surface area contributed by atoms with Crippen molar-refractivity contribution in [3.63, 3.8) is 0 Å². The van der Waals surface area contributed by atoms with Gasteiger partial charge in [-0.15, -0.1) is 0 Å². The molecule has 1 aliphatic rings. The zero-order valence-corrected chi connectivity index (χ0v) is 15.9. The molecular weight excluding hydrogens is 330 g/mol. The largest absolute Gasteiger partial charge is 0.462 e. The summed E-state index contributed by atoms with van der Waals surface area (Å²) >= 11 is 0. The van der Waals surface area contributed by atoms with Crippen LogP contribution in [0.15, 0.2) is 23.0 Å². The summed E-state index contributed by atoms with van der Waals surface area (Å²) in [5.74, 6) is -0.389. The van der Waals surface area contributed by atoms with Crippen LogP contribution < -0.4 is 15.2 Å². The maximum Gasteiger partial charge on any atom is 0.338 e. The van der Waals surface area contributed by atoms with Crippen molar-refractivity contribution in [1.82, 2.24) is 4.98 Å². The van der Waals surface area contributed by atoms with Crippen molar-refractivity contribution >= 4 is 16.9 Å². The van der Waals surface area contributed by atoms with Gasteiger partial charge in [-0.05, 0) is 39.0 Å². The number of nitrogens with one attached hydrogen (secondary N) is 3. The van der Waals surface area contributed by atoms with Crippen molar-refractivity contribution in [2.75, 3.05) is 39.3 Å². The van der Waals surface area contributed by atoms with Crippen molar-refractivity contribution in [2.45, 2.75) is 27.3 Å². The average molecular weight is 359 g/mol. The minimum Gasteiger partial charge on any atom is -0.462 e. The van der Waals surface area contributed by atoms with Crippen LogP contribution in [0, 0.1) is 6.92 Å². The van der Waals surface area contributed by atoms with E-state index in [1.807, 2.05) is 6.92 Å². The molecule has 2 aromatic rings. The zero-order chi connectivity index (χ0) is 18.7. The van der Waals surface area contributed by atoms with E-state index in [-0.39, 0.29) is 11.4 Å². The molecule has 2 heterocycles. The number of hydrogen-bond acceptors (Lipinski definition) is 3. The Labute approximate surface area is 153 Å². The number of quaternary nitrogens is 2. The number of carbonyl (C=O) groups is 1. The Morgan fingerprint density at radius 3 is 2.50 bits per heavy atom. The van der Waals surface area contributed by atoms with Crippen LogP contribution in [0.3, 0.4) is 0 Å². The van der Waals surface area contributed by atoms with Gasteiger partial charge in [0.1, 0.15) is 32.7 Å². The molecule has 0 spiro atoms. The number of rotatable bonds is 5. The van der Waals surface area contributed by atoms with Gasteiger partial charge in [-0.1, -0.05) is 0 Å². The number of ether oxygens (including phenoxy) is 1. The number of pyridine rings is 1. The van der Waals surface area contributed by atoms with Crippen LogP contribution in [0.5, 0.6) is 0 Å². The summed E-state index contributed by atoms with van der Waals surface area (Å²) in [7, 11) is 0. The highest BCUT2D eigenvalue weighted by Crippen LogP contribution is 2.14. The van der Waals surface area contributed by atoms with Crippen molar-refractivity contribution in [3.8, 4) is 0 Å². The van der Waals surface area contributed by atoms with Crippen LogP contribution in [0.1, 0.15) is 35.5 Å². The van der Waals surface area contributed by atoms with Crippen molar-refractivity contribution in [3.05, 3.63) is 45.2 Å². The SMILES string of the molecule is CCOC(=O)c1ccc2[nH]c(C)c(C[NH+]3CC[NH+](CC)CC3)c(=O)c2c1. The van der Waals surface area contributed by atoms with Crippen LogP contribution in [0.4, 0.5) is 0 Å². The van der Waals surface area contributed by atoms with Gasteiger partial charge in [0.2, 0.25) is 0 Å². The van der Waals surface area contributed by atoms with Crippen molar-refractivity contribution in [1.29, 1.82) is 0 Å². The predicted molar refractivity (Wildman–Crippen MR) is 101 cm³/mol. The molecule has 0 radical (unpaired) electrons. The number of fused-ring (bicyclic) bond motifs is 1. The zero-order valence-electron chi connectivity index (χ0n) is 15.9. The third-order valence-electron chi connectivity index (χ3n) is 5.42. The van der Waals surface area contributed by atoms with Gasteiger partial charge >= 0.3 is 5.97 Å². The number of hydrogen-bond donors (Lipinski definition) is 3. The van der Waals surface area contributed by atoms with Gasteiger partial charge in [0.25, 0.3) is 0 Å². The maximum absolute atomic E-state index is 13.1. The number of esters is 1. The summed E-state index contributed by atoms with van der Waals surface area (Å²) in [4.78, 5) is 31.5. The molecule has 0 atom stereocenters. The van der Waals surface area contributed by atoms with Gasteiger partial charge < -0.3 is 19.5 Å². The summed E-state index contributed by atoms with van der Waals surface area (Å²) in [6, 6.07) is 5.15. The Morgan fingerprint density at radius 1 is 1.15 bits per heavy atom. The van der Waals surface area contributed by atoms with Crippen LogP contribution >= 0.6 is 0 Å². The molecule has 6 heteroatoms. The molecule has 0 saturated carbocycles. The molecule has 0 aliphatic carbocycles. The first-order chi connectivity index (χ1) is 12.5. The Morgan fingerprint density at radius 2 is 1.85 bits per heavy atom. The second-order valence-corrected chi connectivity index (χ2v) is 7.07. The van der Waals surface area contributed by atoms with E-state index in [1.54, 1.807) is 30.0 Å². The fraction of sp³-hybridized carbons (Fsp3) is 0.500. The van der Waals surface area contributed by atoms with Gasteiger partial charge in [-0.3, -0.25) is 4.79 Å². The molecule has 26 heavy (non-hydrogen) atoms. The lowest BCUT2D eigenvalue weighted by Crippen LogP contribution is -3.27. The Kier molecular flexibility index (Phi) is 5.74. The average Bonchev–Trinajstić information content (AvgIpc) is 2.65. The van der Waals surface area contributed by atoms with E-state index < -0.39 is 0 Å². The standard InChI is InChI=1S/C20H27N3O3/c1-4-22-8-10-23(11-9-22)13-17-14(3)21-18-7-6-15(20(25)26-5-2)12-16(18)19(17)24/h6-7,12H,4-5,8-11,13H2,1-3H3,(H,21,24)/p+2. The smallest absolute Gasteiger partial charge is 0.338 e. The number of benzene rings is 1. The summed E-state index contributed by atoms with van der Waals surface area (Å²) in [5.41, 5.74) is 2.96. The molecule has 1 saturated heterocycles. The Hall–Kier alpha value is -2.18. The molecule has 3 rings (SSSR count). The number of aromatic amines is 1. The number of aryl methyl sites for hydroxylation is 1. The first-order valence-electron chi connectivity index (χ1n) is 9.53. The lowest BCUT2D eigenvalue weighted by molar-refractivity contribution is -1.02. The van der Waals surface area contributed by atoms with Crippen LogP contribution in [0.2, 0.25) is 0 Å². The Bertz CT molecular complexity index is 851. The van der Waals surface area contributed by atoms with Gasteiger partial charge in [0.05, 0.1) is 24.3 Å². The van der Waals surface area contributed by atoms with E-state index in [0.717, 1.165) is 49.5 Å². The minimum atomic E-state index is -0.389. The molecule has 3 N–H and O–H groups in total. The highest BCUT2D eigenvalue weighted by molar-refractivity contribution is 5.94. The normalized spacial score (nSPS) is 20.3. The number of carbonyl (C=O) groups excluding carboxylic acids is 1. The van der Waals surface area contributed by atoms with Gasteiger partial charge in [-0.25, -0.2) is 4.79 Å². The van der Waals surface area contributed by atoms with E-state index in [0.29, 0.717) is 17.6 Å². The van der Waals surface area contributed by atoms with Gasteiger partial charge in [0.15, 0.2) is 5.43 Å². The number of aromatic nitrogens is 1. The maximum atomic E-state index is 13.1. The number of likely N-dealkylation sites (N-methyl/N-ethyl adjacent to an activating group) is 1. The number of piperazine rings is 1. The van der Waals surface area contributed by atoms with E-state index >= 15 is 0 Å². The van der Waals surface area contributed by atoms with E-state index in [2.05, 4.69) is 11.9 Å². The highest BCUT2D eigenvalue weighted by Gasteiger charge is 2.24. The predicted octanol–water partition coefficient (Wildman–Crippen LogP) is -0.683. The Balaban J connectivity index is 1.90. The lowest BCUT2D eigenvalue weighted by atomic mass is 10.1. The topological polar surface area (TPSA) is 68.0 Å². The molecule has 1 fully saturated rings. The first kappa shape index (κ1) is 18.6. The summed E-state index contributed by atoms with van der Waals surface area (Å²) in [6.07, 6.45) is 0. The van der Waals surface area contributed by atoms with E-state index in [1.165, 1.54) is 11.4 Å².